The Bertz CT molecular complexity index is 389. The number of rotatable bonds is 10. The van der Waals surface area contributed by atoms with Crippen LogP contribution in [-0.4, -0.2) is 60.8 Å². The molecule has 0 aromatic carbocycles. The van der Waals surface area contributed by atoms with Gasteiger partial charge in [0.05, 0.1) is 19.8 Å². The predicted octanol–water partition coefficient (Wildman–Crippen LogP) is 1.99. The van der Waals surface area contributed by atoms with Crippen molar-refractivity contribution in [2.24, 2.45) is 0 Å². The topological polar surface area (TPSA) is 85.3 Å². The fraction of sp³-hybridized carbons (Fsp3) is 0.929. The summed E-state index contributed by atoms with van der Waals surface area (Å²) in [6, 6.07) is 0. The van der Waals surface area contributed by atoms with Crippen LogP contribution < -0.4 is 0 Å². The monoisotopic (exact) mass is 337 g/mol. The molecule has 0 bridgehead atoms. The number of nitrogens with zero attached hydrogens (tertiary/aromatic N) is 1. The van der Waals surface area contributed by atoms with Gasteiger partial charge in [-0.15, -0.1) is 0 Å². The predicted molar refractivity (Wildman–Crippen MR) is 82.7 cm³/mol. The summed E-state index contributed by atoms with van der Waals surface area (Å²) in [6.07, 6.45) is 2.14. The molecule has 1 saturated heterocycles. The van der Waals surface area contributed by atoms with E-state index in [1.54, 1.807) is 20.8 Å². The minimum Gasteiger partial charge on any atom is -0.463 e. The van der Waals surface area contributed by atoms with Gasteiger partial charge in [-0.2, -0.15) is 0 Å². The van der Waals surface area contributed by atoms with Crippen LogP contribution in [0, 0.1) is 0 Å². The van der Waals surface area contributed by atoms with E-state index in [0.29, 0.717) is 6.54 Å². The van der Waals surface area contributed by atoms with E-state index < -0.39 is 18.9 Å². The minimum atomic E-state index is -4.03. The third-order valence-corrected chi connectivity index (χ3v) is 6.14. The first-order valence-corrected chi connectivity index (χ1v) is 9.49. The Balaban J connectivity index is 2.96. The van der Waals surface area contributed by atoms with Crippen molar-refractivity contribution in [1.82, 2.24) is 4.90 Å². The first kappa shape index (κ1) is 19.6. The number of hydrogen-bond acceptors (Lipinski definition) is 7. The van der Waals surface area contributed by atoms with Crippen LogP contribution in [0.5, 0.6) is 0 Å². The number of esters is 1. The van der Waals surface area contributed by atoms with E-state index in [1.165, 1.54) is 0 Å². The fourth-order valence-corrected chi connectivity index (χ4v) is 4.35. The lowest BCUT2D eigenvalue weighted by Gasteiger charge is -2.33. The molecule has 1 heterocycles. The van der Waals surface area contributed by atoms with Crippen molar-refractivity contribution in [2.75, 3.05) is 39.5 Å². The second-order valence-electron chi connectivity index (χ2n) is 5.17. The molecule has 1 aliphatic heterocycles. The van der Waals surface area contributed by atoms with Crippen molar-refractivity contribution in [1.29, 1.82) is 0 Å². The minimum absolute atomic E-state index is 0.0386. The van der Waals surface area contributed by atoms with Gasteiger partial charge >= 0.3 is 13.6 Å². The van der Waals surface area contributed by atoms with Gasteiger partial charge in [-0.3, -0.25) is 4.57 Å². The molecule has 22 heavy (non-hydrogen) atoms. The molecule has 8 heteroatoms. The average Bonchev–Trinajstić information content (AvgIpc) is 2.98. The van der Waals surface area contributed by atoms with Crippen molar-refractivity contribution in [3.63, 3.8) is 0 Å². The van der Waals surface area contributed by atoms with Gasteiger partial charge in [0.15, 0.2) is 0 Å². The molecule has 0 saturated carbocycles. The molecule has 1 N–H and O–H groups in total. The summed E-state index contributed by atoms with van der Waals surface area (Å²) in [5.74, 6) is -0.945. The van der Waals surface area contributed by atoms with Gasteiger partial charge in [0.25, 0.3) is 5.34 Å². The normalized spacial score (nSPS) is 19.1. The highest BCUT2D eigenvalue weighted by molar-refractivity contribution is 7.56. The highest BCUT2D eigenvalue weighted by Gasteiger charge is 2.57. The molecule has 0 radical (unpaired) electrons. The van der Waals surface area contributed by atoms with E-state index in [1.807, 2.05) is 0 Å². The molecule has 0 amide bonds. The Kier molecular flexibility index (Phi) is 8.00. The molecule has 0 aliphatic carbocycles. The van der Waals surface area contributed by atoms with Crippen LogP contribution in [-0.2, 0) is 23.1 Å². The highest BCUT2D eigenvalue weighted by atomic mass is 31.2. The van der Waals surface area contributed by atoms with Gasteiger partial charge in [0.2, 0.25) is 0 Å². The van der Waals surface area contributed by atoms with Crippen LogP contribution in [0.2, 0.25) is 0 Å². The number of aliphatic hydroxyl groups is 1. The molecule has 0 spiro atoms. The van der Waals surface area contributed by atoms with Crippen LogP contribution in [0.1, 0.15) is 40.0 Å². The van der Waals surface area contributed by atoms with Gasteiger partial charge in [0, 0.05) is 13.0 Å². The Morgan fingerprint density at radius 1 is 1.14 bits per heavy atom. The number of hydrogen-bond donors (Lipinski definition) is 1. The maximum absolute atomic E-state index is 12.9. The molecule has 130 valence electrons. The van der Waals surface area contributed by atoms with Crippen LogP contribution in [0.15, 0.2) is 0 Å². The molecule has 7 nitrogen and oxygen atoms in total. The molecule has 1 rings (SSSR count). The molecular weight excluding hydrogens is 309 g/mol. The van der Waals surface area contributed by atoms with Crippen molar-refractivity contribution in [3.05, 3.63) is 0 Å². The molecule has 1 fully saturated rings. The lowest BCUT2D eigenvalue weighted by molar-refractivity contribution is -0.159. The summed E-state index contributed by atoms with van der Waals surface area (Å²) in [7, 11) is -4.03. The summed E-state index contributed by atoms with van der Waals surface area (Å²) in [5.41, 5.74) is 0. The van der Waals surface area contributed by atoms with Crippen LogP contribution >= 0.6 is 7.60 Å². The van der Waals surface area contributed by atoms with E-state index in [-0.39, 0.29) is 26.2 Å². The molecule has 0 aromatic heterocycles. The van der Waals surface area contributed by atoms with Crippen molar-refractivity contribution in [3.8, 4) is 0 Å². The van der Waals surface area contributed by atoms with E-state index in [9.17, 15) is 14.5 Å². The quantitative estimate of drug-likeness (QED) is 0.482. The third kappa shape index (κ3) is 4.52. The Morgan fingerprint density at radius 3 is 2.14 bits per heavy atom. The van der Waals surface area contributed by atoms with E-state index in [4.69, 9.17) is 13.8 Å². The number of carbonyl (C=O) groups excluding carboxylic acids is 1. The maximum atomic E-state index is 12.9. The Labute approximate surface area is 132 Å². The highest BCUT2D eigenvalue weighted by Crippen LogP contribution is 2.60. The van der Waals surface area contributed by atoms with Crippen LogP contribution in [0.4, 0.5) is 0 Å². The zero-order chi connectivity index (χ0) is 16.6. The summed E-state index contributed by atoms with van der Waals surface area (Å²) in [5, 5.41) is 8.57. The second-order valence-corrected chi connectivity index (χ2v) is 7.42. The number of likely N-dealkylation sites (tertiary alicyclic amines) is 1. The summed E-state index contributed by atoms with van der Waals surface area (Å²) >= 11 is 0. The molecule has 0 aromatic rings. The van der Waals surface area contributed by atoms with Gasteiger partial charge in [0.1, 0.15) is 0 Å². The first-order valence-electron chi connectivity index (χ1n) is 7.94. The Hall–Kier alpha value is -0.460. The molecule has 1 unspecified atom stereocenters. The zero-order valence-corrected chi connectivity index (χ0v) is 14.6. The fourth-order valence-electron chi connectivity index (χ4n) is 2.51. The van der Waals surface area contributed by atoms with Gasteiger partial charge in [-0.1, -0.05) is 0 Å². The van der Waals surface area contributed by atoms with Crippen molar-refractivity contribution < 1.29 is 28.3 Å². The summed E-state index contributed by atoms with van der Waals surface area (Å²) in [6.45, 7) is 7.40. The largest absolute Gasteiger partial charge is 0.463 e. The van der Waals surface area contributed by atoms with E-state index >= 15 is 0 Å². The van der Waals surface area contributed by atoms with Crippen LogP contribution in [0.25, 0.3) is 0 Å². The lowest BCUT2D eigenvalue weighted by Crippen LogP contribution is -2.44. The average molecular weight is 337 g/mol. The number of carbonyl (C=O) groups is 1. The summed E-state index contributed by atoms with van der Waals surface area (Å²) < 4.78 is 28.2. The molecule has 1 aliphatic rings. The first-order chi connectivity index (χ1) is 10.4. The molecule has 1 atom stereocenters. The van der Waals surface area contributed by atoms with Gasteiger partial charge in [-0.25, -0.2) is 4.79 Å². The van der Waals surface area contributed by atoms with Crippen LogP contribution in [0.3, 0.4) is 0 Å². The second kappa shape index (κ2) is 8.99. The zero-order valence-electron chi connectivity index (χ0n) is 13.7. The van der Waals surface area contributed by atoms with E-state index in [2.05, 4.69) is 4.90 Å². The van der Waals surface area contributed by atoms with E-state index in [0.717, 1.165) is 25.9 Å². The standard InChI is InChI=1S/C14H28NO6P/c1-4-19-13(16)14(17,9-12-15-10-7-8-11-15)22(18,20-5-2)21-6-3/h17H,4-12H2,1-3H3. The number of ether oxygens (including phenoxy) is 1. The smallest absolute Gasteiger partial charge is 0.373 e. The van der Waals surface area contributed by atoms with Gasteiger partial charge in [-0.05, 0) is 46.7 Å². The SMILES string of the molecule is CCOC(=O)C(O)(CCN1CCCC1)P(=O)(OCC)OCC. The summed E-state index contributed by atoms with van der Waals surface area (Å²) in [4.78, 5) is 14.4. The maximum Gasteiger partial charge on any atom is 0.373 e. The van der Waals surface area contributed by atoms with Gasteiger partial charge < -0.3 is 23.8 Å². The third-order valence-electron chi connectivity index (χ3n) is 3.63. The molecular formula is C14H28NO6P. The Morgan fingerprint density at radius 2 is 1.68 bits per heavy atom. The van der Waals surface area contributed by atoms with Crippen molar-refractivity contribution in [2.45, 2.75) is 45.4 Å². The lowest BCUT2D eigenvalue weighted by atomic mass is 10.2. The van der Waals surface area contributed by atoms with Crippen molar-refractivity contribution >= 4 is 13.6 Å².